The van der Waals surface area contributed by atoms with Gasteiger partial charge >= 0.3 is 5.97 Å². The molecule has 27 heavy (non-hydrogen) atoms. The average Bonchev–Trinajstić information content (AvgIpc) is 2.96. The number of esters is 1. The van der Waals surface area contributed by atoms with E-state index in [0.29, 0.717) is 28.7 Å². The molecule has 3 aromatic rings. The summed E-state index contributed by atoms with van der Waals surface area (Å²) in [6.07, 6.45) is 0. The maximum Gasteiger partial charge on any atom is 0.348 e. The van der Waals surface area contributed by atoms with Crippen LogP contribution < -0.4 is 4.90 Å². The Hall–Kier alpha value is -2.18. The number of hydrogen-bond donors (Lipinski definition) is 0. The number of carbonyl (C=O) groups excluding carboxylic acids is 1. The summed E-state index contributed by atoms with van der Waals surface area (Å²) >= 11 is 7.46. The summed E-state index contributed by atoms with van der Waals surface area (Å²) < 4.78 is 5.40. The van der Waals surface area contributed by atoms with E-state index in [1.165, 1.54) is 11.3 Å². The van der Waals surface area contributed by atoms with E-state index in [-0.39, 0.29) is 17.2 Å². The highest BCUT2D eigenvalue weighted by Gasteiger charge is 2.23. The second-order valence-electron chi connectivity index (χ2n) is 6.89. The monoisotopic (exact) mass is 403 g/mol. The number of nitrogens with zero attached hydrogens (tertiary/aromatic N) is 3. The van der Waals surface area contributed by atoms with Crippen LogP contribution in [0.2, 0.25) is 5.28 Å². The molecule has 0 saturated heterocycles. The molecule has 0 N–H and O–H groups in total. The van der Waals surface area contributed by atoms with Crippen LogP contribution in [0, 0.1) is 12.8 Å². The molecule has 0 aliphatic rings. The maximum atomic E-state index is 12.5. The molecule has 1 aromatic carbocycles. The third-order valence-electron chi connectivity index (χ3n) is 4.10. The van der Waals surface area contributed by atoms with Crippen LogP contribution in [0.15, 0.2) is 30.3 Å². The zero-order valence-electron chi connectivity index (χ0n) is 15.8. The molecular weight excluding hydrogens is 382 g/mol. The number of anilines is 1. The van der Waals surface area contributed by atoms with Crippen molar-refractivity contribution >= 4 is 44.9 Å². The van der Waals surface area contributed by atoms with Gasteiger partial charge in [0.25, 0.3) is 0 Å². The second kappa shape index (κ2) is 8.23. The van der Waals surface area contributed by atoms with Crippen LogP contribution in [0.5, 0.6) is 0 Å². The van der Waals surface area contributed by atoms with E-state index in [0.717, 1.165) is 16.5 Å². The fourth-order valence-electron chi connectivity index (χ4n) is 2.80. The Morgan fingerprint density at radius 1 is 1.26 bits per heavy atom. The Kier molecular flexibility index (Phi) is 5.97. The number of ether oxygens (including phenoxy) is 1. The molecule has 0 aliphatic heterocycles. The summed E-state index contributed by atoms with van der Waals surface area (Å²) in [6.45, 7) is 6.98. The number of rotatable bonds is 6. The summed E-state index contributed by atoms with van der Waals surface area (Å²) in [6, 6.07) is 10.1. The molecule has 7 heteroatoms. The number of hydrogen-bond acceptors (Lipinski definition) is 6. The molecule has 0 aliphatic carbocycles. The van der Waals surface area contributed by atoms with E-state index >= 15 is 0 Å². The van der Waals surface area contributed by atoms with Crippen LogP contribution in [-0.4, -0.2) is 29.6 Å². The van der Waals surface area contributed by atoms with Crippen molar-refractivity contribution in [2.45, 2.75) is 27.3 Å². The largest absolute Gasteiger partial charge is 0.461 e. The lowest BCUT2D eigenvalue weighted by atomic mass is 10.1. The minimum absolute atomic E-state index is 0.167. The number of aromatic nitrogens is 2. The number of halogens is 1. The topological polar surface area (TPSA) is 55.3 Å². The molecule has 0 bridgehead atoms. The van der Waals surface area contributed by atoms with Gasteiger partial charge in [-0.3, -0.25) is 0 Å². The minimum Gasteiger partial charge on any atom is -0.461 e. The fourth-order valence-corrected chi connectivity index (χ4v) is 4.09. The number of carbonyl (C=O) groups is 1. The van der Waals surface area contributed by atoms with Gasteiger partial charge in [0.1, 0.15) is 15.5 Å². The van der Waals surface area contributed by atoms with Gasteiger partial charge in [0.15, 0.2) is 0 Å². The van der Waals surface area contributed by atoms with Crippen LogP contribution in [0.3, 0.4) is 0 Å². The van der Waals surface area contributed by atoms with E-state index in [2.05, 4.69) is 22.1 Å². The molecule has 142 valence electrons. The van der Waals surface area contributed by atoms with E-state index in [9.17, 15) is 4.79 Å². The average molecular weight is 404 g/mol. The van der Waals surface area contributed by atoms with Crippen molar-refractivity contribution in [3.63, 3.8) is 0 Å². The second-order valence-corrected chi connectivity index (χ2v) is 8.22. The van der Waals surface area contributed by atoms with Crippen molar-refractivity contribution in [2.24, 2.45) is 5.92 Å². The van der Waals surface area contributed by atoms with Crippen molar-refractivity contribution < 1.29 is 9.53 Å². The maximum absolute atomic E-state index is 12.5. The fraction of sp³-hybridized carbons (Fsp3) is 0.350. The molecule has 0 unspecified atom stereocenters. The third kappa shape index (κ3) is 4.39. The molecule has 0 atom stereocenters. The van der Waals surface area contributed by atoms with Gasteiger partial charge in [-0.1, -0.05) is 44.2 Å². The first-order valence-electron chi connectivity index (χ1n) is 8.75. The van der Waals surface area contributed by atoms with E-state index in [4.69, 9.17) is 16.3 Å². The Morgan fingerprint density at radius 3 is 2.63 bits per heavy atom. The van der Waals surface area contributed by atoms with Gasteiger partial charge in [-0.2, -0.15) is 4.98 Å². The Labute approximate surface area is 168 Å². The Bertz CT molecular complexity index is 957. The summed E-state index contributed by atoms with van der Waals surface area (Å²) in [5, 5.41) is 1.01. The predicted octanol–water partition coefficient (Wildman–Crippen LogP) is 5.10. The van der Waals surface area contributed by atoms with Gasteiger partial charge in [-0.15, -0.1) is 11.3 Å². The van der Waals surface area contributed by atoms with E-state index in [1.54, 1.807) is 0 Å². The van der Waals surface area contributed by atoms with Crippen LogP contribution in [0.4, 0.5) is 5.82 Å². The van der Waals surface area contributed by atoms with Gasteiger partial charge in [0.05, 0.1) is 12.0 Å². The quantitative estimate of drug-likeness (QED) is 0.423. The lowest BCUT2D eigenvalue weighted by Crippen LogP contribution is -2.18. The molecule has 0 amide bonds. The van der Waals surface area contributed by atoms with Crippen molar-refractivity contribution in [1.82, 2.24) is 9.97 Å². The number of fused-ring (bicyclic) bond motifs is 1. The Morgan fingerprint density at radius 2 is 1.96 bits per heavy atom. The molecule has 3 rings (SSSR count). The number of aryl methyl sites for hydroxylation is 1. The first-order chi connectivity index (χ1) is 12.9. The van der Waals surface area contributed by atoms with Gasteiger partial charge < -0.3 is 9.64 Å². The third-order valence-corrected chi connectivity index (χ3v) is 5.44. The number of thiophene rings is 1. The molecule has 2 heterocycles. The SMILES string of the molecule is Cc1c(C(=O)OCC(C)C)sc2nc(Cl)nc(N(C)Cc3ccccc3)c12. The summed E-state index contributed by atoms with van der Waals surface area (Å²) in [7, 11) is 1.96. The molecule has 0 fully saturated rings. The summed E-state index contributed by atoms with van der Waals surface area (Å²) in [5.74, 6) is 0.674. The minimum atomic E-state index is -0.322. The van der Waals surface area contributed by atoms with Crippen molar-refractivity contribution in [1.29, 1.82) is 0 Å². The van der Waals surface area contributed by atoms with Crippen molar-refractivity contribution in [2.75, 3.05) is 18.6 Å². The van der Waals surface area contributed by atoms with Crippen LogP contribution in [-0.2, 0) is 11.3 Å². The zero-order chi connectivity index (χ0) is 19.6. The predicted molar refractivity (Wildman–Crippen MR) is 111 cm³/mol. The zero-order valence-corrected chi connectivity index (χ0v) is 17.4. The Balaban J connectivity index is 1.99. The molecule has 0 saturated carbocycles. The van der Waals surface area contributed by atoms with Crippen LogP contribution >= 0.6 is 22.9 Å². The van der Waals surface area contributed by atoms with E-state index in [1.807, 2.05) is 50.9 Å². The molecule has 0 radical (unpaired) electrons. The highest BCUT2D eigenvalue weighted by atomic mass is 35.5. The van der Waals surface area contributed by atoms with Crippen molar-refractivity contribution in [3.05, 3.63) is 51.6 Å². The van der Waals surface area contributed by atoms with Crippen LogP contribution in [0.25, 0.3) is 10.2 Å². The number of benzene rings is 1. The van der Waals surface area contributed by atoms with Gasteiger partial charge in [0, 0.05) is 13.6 Å². The first kappa shape index (κ1) is 19.6. The molecule has 5 nitrogen and oxygen atoms in total. The lowest BCUT2D eigenvalue weighted by molar-refractivity contribution is 0.0464. The van der Waals surface area contributed by atoms with Crippen molar-refractivity contribution in [3.8, 4) is 0 Å². The lowest BCUT2D eigenvalue weighted by Gasteiger charge is -2.19. The first-order valence-corrected chi connectivity index (χ1v) is 9.95. The van der Waals surface area contributed by atoms with Gasteiger partial charge in [-0.25, -0.2) is 9.78 Å². The highest BCUT2D eigenvalue weighted by Crippen LogP contribution is 2.36. The summed E-state index contributed by atoms with van der Waals surface area (Å²) in [5.41, 5.74) is 1.99. The van der Waals surface area contributed by atoms with Crippen LogP contribution in [0.1, 0.15) is 34.6 Å². The van der Waals surface area contributed by atoms with E-state index < -0.39 is 0 Å². The van der Waals surface area contributed by atoms with Gasteiger partial charge in [0.2, 0.25) is 5.28 Å². The highest BCUT2D eigenvalue weighted by molar-refractivity contribution is 7.20. The standard InChI is InChI=1S/C20H22ClN3O2S/c1-12(2)11-26-19(25)16-13(3)15-17(22-20(21)23-18(15)27-16)24(4)10-14-8-6-5-7-9-14/h5-9,12H,10-11H2,1-4H3. The normalized spacial score (nSPS) is 11.2. The smallest absolute Gasteiger partial charge is 0.348 e. The molecular formula is C20H22ClN3O2S. The summed E-state index contributed by atoms with van der Waals surface area (Å²) in [4.78, 5) is 24.5. The molecule has 0 spiro atoms. The molecule has 2 aromatic heterocycles. The van der Waals surface area contributed by atoms with Gasteiger partial charge in [-0.05, 0) is 35.6 Å².